The van der Waals surface area contributed by atoms with E-state index in [-0.39, 0.29) is 9.92 Å². The lowest BCUT2D eigenvalue weighted by Gasteiger charge is -2.27. The fraction of sp³-hybridized carbons (Fsp3) is 0.250. The summed E-state index contributed by atoms with van der Waals surface area (Å²) in [6.07, 6.45) is 0. The summed E-state index contributed by atoms with van der Waals surface area (Å²) in [6.45, 7) is 2.16. The van der Waals surface area contributed by atoms with Crippen LogP contribution in [0, 0.1) is 0 Å². The van der Waals surface area contributed by atoms with Crippen molar-refractivity contribution in [3.05, 3.63) is 52.5 Å². The van der Waals surface area contributed by atoms with Crippen LogP contribution in [0.15, 0.2) is 47.4 Å². The third-order valence-electron chi connectivity index (χ3n) is 3.82. The number of benzene rings is 2. The first-order chi connectivity index (χ1) is 11.0. The standard InChI is InChI=1S/C16H16Cl2N2O2S/c17-14-6-2-1-4-12(14)13-5-3-7-15(16(13)18)23(21,22)20-10-8-19-9-11-20/h1-7,19H,8-11H2. The van der Waals surface area contributed by atoms with E-state index in [1.54, 1.807) is 24.3 Å². The molecule has 7 heteroatoms. The van der Waals surface area contributed by atoms with Crippen molar-refractivity contribution in [1.82, 2.24) is 9.62 Å². The molecule has 0 atom stereocenters. The number of rotatable bonds is 3. The Balaban J connectivity index is 2.08. The van der Waals surface area contributed by atoms with Crippen LogP contribution < -0.4 is 5.32 Å². The first-order valence-corrected chi connectivity index (χ1v) is 9.45. The van der Waals surface area contributed by atoms with Gasteiger partial charge in [-0.15, -0.1) is 0 Å². The highest BCUT2D eigenvalue weighted by molar-refractivity contribution is 7.89. The summed E-state index contributed by atoms with van der Waals surface area (Å²) in [7, 11) is -3.62. The van der Waals surface area contributed by atoms with Gasteiger partial charge in [-0.3, -0.25) is 0 Å². The number of hydrogen-bond donors (Lipinski definition) is 1. The lowest BCUT2D eigenvalue weighted by atomic mass is 10.1. The number of hydrogen-bond acceptors (Lipinski definition) is 3. The molecule has 1 aliphatic heterocycles. The van der Waals surface area contributed by atoms with Gasteiger partial charge in [0.05, 0.1) is 5.02 Å². The Hall–Kier alpha value is -1.11. The molecule has 0 bridgehead atoms. The predicted molar refractivity (Wildman–Crippen MR) is 93.5 cm³/mol. The molecule has 0 amide bonds. The average molecular weight is 371 g/mol. The summed E-state index contributed by atoms with van der Waals surface area (Å²) in [5.74, 6) is 0. The molecule has 1 fully saturated rings. The highest BCUT2D eigenvalue weighted by atomic mass is 35.5. The summed E-state index contributed by atoms with van der Waals surface area (Å²) in [6, 6.07) is 12.3. The van der Waals surface area contributed by atoms with Gasteiger partial charge in [-0.2, -0.15) is 4.31 Å². The van der Waals surface area contributed by atoms with E-state index < -0.39 is 10.0 Å². The molecule has 1 saturated heterocycles. The molecule has 0 spiro atoms. The van der Waals surface area contributed by atoms with Crippen molar-refractivity contribution in [2.75, 3.05) is 26.2 Å². The molecule has 0 saturated carbocycles. The molecule has 0 unspecified atom stereocenters. The zero-order valence-electron chi connectivity index (χ0n) is 12.3. The summed E-state index contributed by atoms with van der Waals surface area (Å²) < 4.78 is 27.2. The van der Waals surface area contributed by atoms with E-state index >= 15 is 0 Å². The van der Waals surface area contributed by atoms with Crippen molar-refractivity contribution >= 4 is 33.2 Å². The van der Waals surface area contributed by atoms with Gasteiger partial charge in [-0.1, -0.05) is 53.5 Å². The number of sulfonamides is 1. The SMILES string of the molecule is O=S(=O)(c1cccc(-c2ccccc2Cl)c1Cl)N1CCNCC1. The van der Waals surface area contributed by atoms with E-state index in [1.165, 1.54) is 4.31 Å². The second kappa shape index (κ2) is 6.79. The molecule has 122 valence electrons. The highest BCUT2D eigenvalue weighted by Crippen LogP contribution is 2.37. The van der Waals surface area contributed by atoms with Gasteiger partial charge in [0.2, 0.25) is 10.0 Å². The van der Waals surface area contributed by atoms with Crippen LogP contribution in [0.3, 0.4) is 0 Å². The van der Waals surface area contributed by atoms with Gasteiger partial charge >= 0.3 is 0 Å². The predicted octanol–water partition coefficient (Wildman–Crippen LogP) is 3.25. The van der Waals surface area contributed by atoms with Gasteiger partial charge in [-0.05, 0) is 12.1 Å². The van der Waals surface area contributed by atoms with Crippen LogP contribution in [0.2, 0.25) is 10.0 Å². The molecule has 0 radical (unpaired) electrons. The van der Waals surface area contributed by atoms with Gasteiger partial charge in [0, 0.05) is 42.3 Å². The molecular weight excluding hydrogens is 355 g/mol. The molecule has 1 N–H and O–H groups in total. The normalized spacial score (nSPS) is 16.4. The van der Waals surface area contributed by atoms with E-state index in [9.17, 15) is 8.42 Å². The molecule has 23 heavy (non-hydrogen) atoms. The fourth-order valence-corrected chi connectivity index (χ4v) is 4.91. The van der Waals surface area contributed by atoms with Crippen molar-refractivity contribution < 1.29 is 8.42 Å². The zero-order chi connectivity index (χ0) is 16.4. The third-order valence-corrected chi connectivity index (χ3v) is 6.61. The highest BCUT2D eigenvalue weighted by Gasteiger charge is 2.29. The second-order valence-electron chi connectivity index (χ2n) is 5.25. The minimum Gasteiger partial charge on any atom is -0.314 e. The monoisotopic (exact) mass is 370 g/mol. The largest absolute Gasteiger partial charge is 0.314 e. The quantitative estimate of drug-likeness (QED) is 0.901. The Morgan fingerprint density at radius 3 is 2.26 bits per heavy atom. The number of nitrogens with one attached hydrogen (secondary N) is 1. The van der Waals surface area contributed by atoms with E-state index in [4.69, 9.17) is 23.2 Å². The van der Waals surface area contributed by atoms with Gasteiger partial charge in [0.1, 0.15) is 4.90 Å². The van der Waals surface area contributed by atoms with E-state index in [0.717, 1.165) is 5.56 Å². The Morgan fingerprint density at radius 2 is 1.57 bits per heavy atom. The lowest BCUT2D eigenvalue weighted by molar-refractivity contribution is 0.360. The Kier molecular flexibility index (Phi) is 4.94. The van der Waals surface area contributed by atoms with Crippen molar-refractivity contribution in [3.8, 4) is 11.1 Å². The third kappa shape index (κ3) is 3.25. The number of piperazine rings is 1. The molecule has 1 heterocycles. The van der Waals surface area contributed by atoms with Gasteiger partial charge < -0.3 is 5.32 Å². The summed E-state index contributed by atoms with van der Waals surface area (Å²) in [4.78, 5) is 0.124. The van der Waals surface area contributed by atoms with E-state index in [0.29, 0.717) is 36.8 Å². The van der Waals surface area contributed by atoms with Crippen LogP contribution >= 0.6 is 23.2 Å². The summed E-state index contributed by atoms with van der Waals surface area (Å²) in [5, 5.41) is 3.88. The molecule has 0 aliphatic carbocycles. The van der Waals surface area contributed by atoms with Gasteiger partial charge in [0.25, 0.3) is 0 Å². The van der Waals surface area contributed by atoms with Gasteiger partial charge in [0.15, 0.2) is 0 Å². The van der Waals surface area contributed by atoms with Crippen LogP contribution in [0.5, 0.6) is 0 Å². The summed E-state index contributed by atoms with van der Waals surface area (Å²) in [5.41, 5.74) is 1.34. The molecule has 2 aromatic rings. The average Bonchev–Trinajstić information content (AvgIpc) is 2.56. The maximum atomic E-state index is 12.9. The number of halogens is 2. The topological polar surface area (TPSA) is 49.4 Å². The maximum Gasteiger partial charge on any atom is 0.244 e. The van der Waals surface area contributed by atoms with E-state index in [2.05, 4.69) is 5.32 Å². The Bertz CT molecular complexity index is 819. The lowest BCUT2D eigenvalue weighted by Crippen LogP contribution is -2.46. The molecule has 0 aromatic heterocycles. The first kappa shape index (κ1) is 16.7. The number of nitrogens with zero attached hydrogens (tertiary/aromatic N) is 1. The van der Waals surface area contributed by atoms with Crippen molar-refractivity contribution in [2.45, 2.75) is 4.90 Å². The van der Waals surface area contributed by atoms with Crippen molar-refractivity contribution in [2.24, 2.45) is 0 Å². The second-order valence-corrected chi connectivity index (χ2v) is 7.94. The minimum absolute atomic E-state index is 0.124. The molecule has 2 aromatic carbocycles. The van der Waals surface area contributed by atoms with Crippen LogP contribution in [0.25, 0.3) is 11.1 Å². The minimum atomic E-state index is -3.62. The Labute approximate surface area is 146 Å². The van der Waals surface area contributed by atoms with Crippen LogP contribution in [-0.4, -0.2) is 38.9 Å². The molecule has 4 nitrogen and oxygen atoms in total. The molecule has 1 aliphatic rings. The Morgan fingerprint density at radius 1 is 0.913 bits per heavy atom. The molecular formula is C16H16Cl2N2O2S. The first-order valence-electron chi connectivity index (χ1n) is 7.26. The van der Waals surface area contributed by atoms with Gasteiger partial charge in [-0.25, -0.2) is 8.42 Å². The smallest absolute Gasteiger partial charge is 0.244 e. The van der Waals surface area contributed by atoms with Crippen molar-refractivity contribution in [1.29, 1.82) is 0 Å². The zero-order valence-corrected chi connectivity index (χ0v) is 14.6. The van der Waals surface area contributed by atoms with Crippen LogP contribution in [-0.2, 0) is 10.0 Å². The van der Waals surface area contributed by atoms with E-state index in [1.807, 2.05) is 18.2 Å². The fourth-order valence-electron chi connectivity index (χ4n) is 2.62. The summed E-state index contributed by atoms with van der Waals surface area (Å²) >= 11 is 12.7. The van der Waals surface area contributed by atoms with Crippen molar-refractivity contribution in [3.63, 3.8) is 0 Å². The van der Waals surface area contributed by atoms with Crippen LogP contribution in [0.1, 0.15) is 0 Å². The maximum absolute atomic E-state index is 12.9. The van der Waals surface area contributed by atoms with Crippen LogP contribution in [0.4, 0.5) is 0 Å². The molecule has 3 rings (SSSR count).